The van der Waals surface area contributed by atoms with Gasteiger partial charge >= 0.3 is 39.2 Å². The summed E-state index contributed by atoms with van der Waals surface area (Å²) in [6, 6.07) is 0. The molecule has 0 radical (unpaired) electrons. The normalized spacial score (nSPS) is 38.1. The number of hydrogen-bond donors (Lipinski definition) is 1. The average Bonchev–Trinajstić information content (AvgIpc) is 3.29. The zero-order valence-electron chi connectivity index (χ0n) is 28.3. The van der Waals surface area contributed by atoms with Crippen LogP contribution in [0.25, 0.3) is 0 Å². The van der Waals surface area contributed by atoms with Gasteiger partial charge in [-0.3, -0.25) is 23.7 Å². The third-order valence-electron chi connectivity index (χ3n) is 12.3. The number of halogens is 2. The van der Waals surface area contributed by atoms with E-state index in [9.17, 15) is 36.4 Å². The molecule has 4 fully saturated rings. The Morgan fingerprint density at radius 2 is 1.51 bits per heavy atom. The minimum atomic E-state index is -5.77. The van der Waals surface area contributed by atoms with E-state index >= 15 is 0 Å². The summed E-state index contributed by atoms with van der Waals surface area (Å²) in [5.74, 6) is -2.07. The lowest BCUT2D eigenvalue weighted by Gasteiger charge is -2.64. The molecule has 0 spiro atoms. The zero-order chi connectivity index (χ0) is 35.3. The van der Waals surface area contributed by atoms with E-state index < -0.39 is 44.9 Å². The Labute approximate surface area is 275 Å². The number of ether oxygens (including phenoxy) is 4. The van der Waals surface area contributed by atoms with Gasteiger partial charge in [-0.25, -0.2) is 0 Å². The van der Waals surface area contributed by atoms with Gasteiger partial charge in [-0.05, 0) is 93.3 Å². The van der Waals surface area contributed by atoms with Gasteiger partial charge in [-0.1, -0.05) is 20.8 Å². The summed E-state index contributed by atoms with van der Waals surface area (Å²) in [6.07, 6.45) is 1.52. The number of fused-ring (bicyclic) bond motifs is 5. The SMILES string of the molecule is CC(=O)O[C@@H]1CC[C@@]2(C)[C@@H](C1)C[C@@H](OC(C)=O)[C@@H]1[C@@H]2C[C@H](OC(C)=O)[C@]2(C)[C@@H](C(C)CCC(=O)OC(C)C(F)(F)S(=O)(=O)O)CC[C@@H]12. The highest BCUT2D eigenvalue weighted by Gasteiger charge is 2.67. The van der Waals surface area contributed by atoms with Gasteiger partial charge in [-0.15, -0.1) is 0 Å². The molecular weight excluding hydrogens is 642 g/mol. The second kappa shape index (κ2) is 13.5. The second-order valence-electron chi connectivity index (χ2n) is 15.0. The summed E-state index contributed by atoms with van der Waals surface area (Å²) in [4.78, 5) is 49.3. The number of carbonyl (C=O) groups is 4. The monoisotopic (exact) mass is 692 g/mol. The average molecular weight is 693 g/mol. The molecule has 0 aromatic carbocycles. The highest BCUT2D eigenvalue weighted by atomic mass is 32.2. The predicted octanol–water partition coefficient (Wildman–Crippen LogP) is 5.49. The fraction of sp³-hybridized carbons (Fsp3) is 0.879. The van der Waals surface area contributed by atoms with E-state index in [-0.39, 0.29) is 77.9 Å². The molecule has 0 bridgehead atoms. The molecule has 12 atom stereocenters. The minimum absolute atomic E-state index is 0.00656. The topological polar surface area (TPSA) is 160 Å². The summed E-state index contributed by atoms with van der Waals surface area (Å²) in [6.45, 7) is 11.2. The fourth-order valence-electron chi connectivity index (χ4n) is 10.2. The van der Waals surface area contributed by atoms with Crippen molar-refractivity contribution in [3.63, 3.8) is 0 Å². The molecule has 0 aromatic heterocycles. The Bertz CT molecular complexity index is 1340. The standard InChI is InChI=1S/C33H50F2O11S/c1-17(8-11-29(39)43-18(2)33(34,35)47(40,41)42)24-9-10-25-30-26(16-28(32(24,25)7)46-21(5)38)31(6)13-12-23(44-19(3)36)14-22(31)15-27(30)45-20(4)37/h17-18,22-28,30H,8-16H2,1-7H3,(H,40,41,42)/t17?,18?,22-,23+,24+,25-,26-,27+,28-,30-,31-,32+/m0/s1. The van der Waals surface area contributed by atoms with Crippen molar-refractivity contribution >= 4 is 34.0 Å². The number of hydrogen-bond acceptors (Lipinski definition) is 10. The molecule has 0 amide bonds. The third-order valence-corrected chi connectivity index (χ3v) is 13.3. The Balaban J connectivity index is 1.59. The Hall–Kier alpha value is -2.35. The van der Waals surface area contributed by atoms with Crippen LogP contribution in [-0.2, 0) is 48.2 Å². The zero-order valence-corrected chi connectivity index (χ0v) is 29.1. The highest BCUT2D eigenvalue weighted by molar-refractivity contribution is 7.86. The molecule has 4 aliphatic carbocycles. The number of rotatable bonds is 10. The molecule has 0 aromatic rings. The second-order valence-corrected chi connectivity index (χ2v) is 16.4. The van der Waals surface area contributed by atoms with Gasteiger partial charge in [0.2, 0.25) is 0 Å². The van der Waals surface area contributed by atoms with Crippen LogP contribution in [0.4, 0.5) is 8.78 Å². The molecular formula is C33H50F2O11S. The van der Waals surface area contributed by atoms with Crippen LogP contribution in [0.5, 0.6) is 0 Å². The van der Waals surface area contributed by atoms with Gasteiger partial charge in [0.1, 0.15) is 18.3 Å². The predicted molar refractivity (Wildman–Crippen MR) is 163 cm³/mol. The van der Waals surface area contributed by atoms with Gasteiger partial charge in [0.25, 0.3) is 0 Å². The molecule has 4 saturated carbocycles. The first-order chi connectivity index (χ1) is 21.6. The fourth-order valence-corrected chi connectivity index (χ4v) is 10.7. The molecule has 14 heteroatoms. The van der Waals surface area contributed by atoms with Crippen molar-refractivity contribution in [1.29, 1.82) is 0 Å². The van der Waals surface area contributed by atoms with Crippen LogP contribution in [0.3, 0.4) is 0 Å². The lowest BCUT2D eigenvalue weighted by Crippen LogP contribution is -2.63. The van der Waals surface area contributed by atoms with E-state index in [1.54, 1.807) is 0 Å². The van der Waals surface area contributed by atoms with Crippen LogP contribution in [0.2, 0.25) is 0 Å². The van der Waals surface area contributed by atoms with Gasteiger partial charge in [-0.2, -0.15) is 17.2 Å². The Morgan fingerprint density at radius 3 is 2.09 bits per heavy atom. The maximum atomic E-state index is 14.0. The summed E-state index contributed by atoms with van der Waals surface area (Å²) >= 11 is 0. The van der Waals surface area contributed by atoms with Crippen LogP contribution in [0, 0.1) is 46.3 Å². The van der Waals surface area contributed by atoms with Crippen LogP contribution in [0.1, 0.15) is 106 Å². The smallest absolute Gasteiger partial charge is 0.405 e. The van der Waals surface area contributed by atoms with Crippen LogP contribution >= 0.6 is 0 Å². The molecule has 4 aliphatic rings. The van der Waals surface area contributed by atoms with E-state index in [0.29, 0.717) is 26.2 Å². The minimum Gasteiger partial charge on any atom is -0.463 e. The molecule has 2 unspecified atom stereocenters. The van der Waals surface area contributed by atoms with Crippen molar-refractivity contribution in [1.82, 2.24) is 0 Å². The van der Waals surface area contributed by atoms with Crippen molar-refractivity contribution in [3.05, 3.63) is 0 Å². The summed E-state index contributed by atoms with van der Waals surface area (Å²) in [5, 5.41) is -4.65. The largest absolute Gasteiger partial charge is 0.463 e. The lowest BCUT2D eigenvalue weighted by atomic mass is 9.43. The summed E-state index contributed by atoms with van der Waals surface area (Å²) in [7, 11) is -5.77. The molecule has 268 valence electrons. The highest BCUT2D eigenvalue weighted by Crippen LogP contribution is 2.69. The first kappa shape index (κ1) is 37.5. The summed E-state index contributed by atoms with van der Waals surface area (Å²) < 4.78 is 81.4. The Morgan fingerprint density at radius 1 is 0.894 bits per heavy atom. The molecule has 0 heterocycles. The molecule has 1 N–H and O–H groups in total. The lowest BCUT2D eigenvalue weighted by molar-refractivity contribution is -0.224. The van der Waals surface area contributed by atoms with Gasteiger partial charge in [0.15, 0.2) is 6.10 Å². The number of carbonyl (C=O) groups excluding carboxylic acids is 4. The molecule has 4 rings (SSSR count). The first-order valence-electron chi connectivity index (χ1n) is 16.7. The maximum Gasteiger partial charge on any atom is 0.405 e. The molecule has 47 heavy (non-hydrogen) atoms. The molecule has 0 aliphatic heterocycles. The maximum absolute atomic E-state index is 14.0. The van der Waals surface area contributed by atoms with Crippen molar-refractivity contribution in [2.24, 2.45) is 46.3 Å². The van der Waals surface area contributed by atoms with Crippen molar-refractivity contribution in [3.8, 4) is 0 Å². The number of esters is 4. The van der Waals surface area contributed by atoms with Crippen LogP contribution in [-0.4, -0.2) is 66.5 Å². The first-order valence-corrected chi connectivity index (χ1v) is 18.1. The van der Waals surface area contributed by atoms with E-state index in [2.05, 4.69) is 13.8 Å². The van der Waals surface area contributed by atoms with E-state index in [0.717, 1.165) is 25.7 Å². The third kappa shape index (κ3) is 7.19. The van der Waals surface area contributed by atoms with Gasteiger partial charge < -0.3 is 18.9 Å². The van der Waals surface area contributed by atoms with E-state index in [1.807, 2.05) is 6.92 Å². The van der Waals surface area contributed by atoms with E-state index in [4.69, 9.17) is 23.5 Å². The Kier molecular flexibility index (Phi) is 10.8. The van der Waals surface area contributed by atoms with Crippen molar-refractivity contribution in [2.75, 3.05) is 0 Å². The van der Waals surface area contributed by atoms with E-state index in [1.165, 1.54) is 20.8 Å². The molecule has 0 saturated heterocycles. The quantitative estimate of drug-likeness (QED) is 0.175. The number of alkyl halides is 2. The van der Waals surface area contributed by atoms with Crippen LogP contribution in [0.15, 0.2) is 0 Å². The summed E-state index contributed by atoms with van der Waals surface area (Å²) in [5.41, 5.74) is -0.704. The van der Waals surface area contributed by atoms with Crippen molar-refractivity contribution in [2.45, 2.75) is 136 Å². The molecule has 11 nitrogen and oxygen atoms in total. The van der Waals surface area contributed by atoms with Gasteiger partial charge in [0, 0.05) is 38.5 Å². The van der Waals surface area contributed by atoms with Crippen molar-refractivity contribution < 1.29 is 59.9 Å². The van der Waals surface area contributed by atoms with Gasteiger partial charge in [0.05, 0.1) is 0 Å². The van der Waals surface area contributed by atoms with Crippen LogP contribution < -0.4 is 0 Å².